The lowest BCUT2D eigenvalue weighted by molar-refractivity contribution is -0.0360. The van der Waals surface area contributed by atoms with E-state index in [2.05, 4.69) is 29.6 Å². The zero-order valence-electron chi connectivity index (χ0n) is 11.6. The molecule has 0 amide bonds. The topological polar surface area (TPSA) is 41.5 Å². The molecule has 2 unspecified atom stereocenters. The van der Waals surface area contributed by atoms with Crippen molar-refractivity contribution < 1.29 is 9.84 Å². The second kappa shape index (κ2) is 5.23. The largest absolute Gasteiger partial charge is 0.389 e. The summed E-state index contributed by atoms with van der Waals surface area (Å²) in [6, 6.07) is 9.06. The summed E-state index contributed by atoms with van der Waals surface area (Å²) in [4.78, 5) is 0. The molecule has 0 radical (unpaired) electrons. The molecule has 3 nitrogen and oxygen atoms in total. The highest BCUT2D eigenvalue weighted by molar-refractivity contribution is 5.31. The van der Waals surface area contributed by atoms with E-state index >= 15 is 0 Å². The molecule has 2 aliphatic rings. The minimum absolute atomic E-state index is 0.0287. The quantitative estimate of drug-likeness (QED) is 0.853. The van der Waals surface area contributed by atoms with Gasteiger partial charge in [-0.3, -0.25) is 0 Å². The van der Waals surface area contributed by atoms with E-state index in [0.717, 1.165) is 13.0 Å². The van der Waals surface area contributed by atoms with Crippen LogP contribution in [0.1, 0.15) is 43.4 Å². The van der Waals surface area contributed by atoms with Gasteiger partial charge in [-0.15, -0.1) is 0 Å². The van der Waals surface area contributed by atoms with Crippen LogP contribution in [0.4, 0.5) is 0 Å². The predicted octanol–water partition coefficient (Wildman–Crippen LogP) is 2.19. The van der Waals surface area contributed by atoms with E-state index < -0.39 is 5.60 Å². The molecule has 0 spiro atoms. The zero-order chi connectivity index (χ0) is 13.3. The SMILES string of the molecule is CC(O)(CNC1CC1)CC1OCCc2ccccc21. The van der Waals surface area contributed by atoms with Gasteiger partial charge >= 0.3 is 0 Å². The first kappa shape index (κ1) is 13.1. The van der Waals surface area contributed by atoms with E-state index in [1.165, 1.54) is 24.0 Å². The second-order valence-electron chi connectivity index (χ2n) is 6.16. The van der Waals surface area contributed by atoms with E-state index in [0.29, 0.717) is 19.0 Å². The van der Waals surface area contributed by atoms with Crippen LogP contribution < -0.4 is 5.32 Å². The van der Waals surface area contributed by atoms with Crippen LogP contribution in [0.25, 0.3) is 0 Å². The summed E-state index contributed by atoms with van der Waals surface area (Å²) in [5.74, 6) is 0. The van der Waals surface area contributed by atoms with Crippen LogP contribution in [0, 0.1) is 0 Å². The number of rotatable bonds is 5. The number of fused-ring (bicyclic) bond motifs is 1. The van der Waals surface area contributed by atoms with Crippen molar-refractivity contribution in [2.24, 2.45) is 0 Å². The number of hydrogen-bond donors (Lipinski definition) is 2. The van der Waals surface area contributed by atoms with Crippen molar-refractivity contribution in [1.82, 2.24) is 5.32 Å². The standard InChI is InChI=1S/C16H23NO2/c1-16(18,11-17-13-6-7-13)10-15-14-5-3-2-4-12(14)8-9-19-15/h2-5,13,15,17-18H,6-11H2,1H3. The van der Waals surface area contributed by atoms with Gasteiger partial charge in [-0.05, 0) is 37.3 Å². The van der Waals surface area contributed by atoms with Gasteiger partial charge < -0.3 is 15.2 Å². The molecule has 2 N–H and O–H groups in total. The molecule has 3 heteroatoms. The Labute approximate surface area is 115 Å². The molecule has 1 heterocycles. The van der Waals surface area contributed by atoms with Crippen molar-refractivity contribution >= 4 is 0 Å². The molecular formula is C16H23NO2. The Balaban J connectivity index is 1.65. The molecule has 1 aliphatic heterocycles. The third kappa shape index (κ3) is 3.35. The Morgan fingerprint density at radius 1 is 1.37 bits per heavy atom. The molecule has 1 aromatic carbocycles. The Morgan fingerprint density at radius 3 is 2.95 bits per heavy atom. The number of ether oxygens (including phenoxy) is 1. The Morgan fingerprint density at radius 2 is 2.16 bits per heavy atom. The molecular weight excluding hydrogens is 238 g/mol. The zero-order valence-corrected chi connectivity index (χ0v) is 11.6. The van der Waals surface area contributed by atoms with Crippen LogP contribution in [0.5, 0.6) is 0 Å². The first-order valence-electron chi connectivity index (χ1n) is 7.29. The number of benzene rings is 1. The van der Waals surface area contributed by atoms with Crippen LogP contribution in [0.2, 0.25) is 0 Å². The van der Waals surface area contributed by atoms with Gasteiger partial charge in [-0.25, -0.2) is 0 Å². The summed E-state index contributed by atoms with van der Waals surface area (Å²) in [5.41, 5.74) is 1.91. The lowest BCUT2D eigenvalue weighted by atomic mass is 9.89. The molecule has 104 valence electrons. The van der Waals surface area contributed by atoms with E-state index in [1.807, 2.05) is 6.92 Å². The highest BCUT2D eigenvalue weighted by Gasteiger charge is 2.31. The minimum atomic E-state index is -0.711. The van der Waals surface area contributed by atoms with Gasteiger partial charge in [0.15, 0.2) is 0 Å². The van der Waals surface area contributed by atoms with Crippen LogP contribution in [-0.2, 0) is 11.2 Å². The molecule has 0 aromatic heterocycles. The van der Waals surface area contributed by atoms with Crippen molar-refractivity contribution in [3.8, 4) is 0 Å². The molecule has 19 heavy (non-hydrogen) atoms. The van der Waals surface area contributed by atoms with Gasteiger partial charge in [-0.2, -0.15) is 0 Å². The fourth-order valence-corrected chi connectivity index (χ4v) is 2.77. The van der Waals surface area contributed by atoms with Crippen LogP contribution in [-0.4, -0.2) is 29.9 Å². The van der Waals surface area contributed by atoms with Crippen LogP contribution >= 0.6 is 0 Å². The lowest BCUT2D eigenvalue weighted by Crippen LogP contribution is -2.40. The van der Waals surface area contributed by atoms with Crippen molar-refractivity contribution in [2.75, 3.05) is 13.2 Å². The number of nitrogens with one attached hydrogen (secondary N) is 1. The predicted molar refractivity (Wildman–Crippen MR) is 75.1 cm³/mol. The summed E-state index contributed by atoms with van der Waals surface area (Å²) in [6.45, 7) is 3.32. The lowest BCUT2D eigenvalue weighted by Gasteiger charge is -2.32. The van der Waals surface area contributed by atoms with Gasteiger partial charge in [0.05, 0.1) is 18.3 Å². The Hall–Kier alpha value is -0.900. The summed E-state index contributed by atoms with van der Waals surface area (Å²) in [7, 11) is 0. The maximum absolute atomic E-state index is 10.5. The van der Waals surface area contributed by atoms with Crippen molar-refractivity contribution in [1.29, 1.82) is 0 Å². The highest BCUT2D eigenvalue weighted by atomic mass is 16.5. The van der Waals surface area contributed by atoms with Crippen molar-refractivity contribution in [3.05, 3.63) is 35.4 Å². The molecule has 1 fully saturated rings. The average molecular weight is 261 g/mol. The first-order valence-corrected chi connectivity index (χ1v) is 7.29. The van der Waals surface area contributed by atoms with Gasteiger partial charge in [0.25, 0.3) is 0 Å². The second-order valence-corrected chi connectivity index (χ2v) is 6.16. The summed E-state index contributed by atoms with van der Waals surface area (Å²) in [5, 5.41) is 13.9. The third-order valence-electron chi connectivity index (χ3n) is 4.07. The number of hydrogen-bond acceptors (Lipinski definition) is 3. The van der Waals surface area contributed by atoms with E-state index in [1.54, 1.807) is 0 Å². The monoisotopic (exact) mass is 261 g/mol. The van der Waals surface area contributed by atoms with Crippen molar-refractivity contribution in [3.63, 3.8) is 0 Å². The van der Waals surface area contributed by atoms with Crippen molar-refractivity contribution in [2.45, 2.75) is 50.4 Å². The molecule has 2 atom stereocenters. The summed E-state index contributed by atoms with van der Waals surface area (Å²) < 4.78 is 5.87. The summed E-state index contributed by atoms with van der Waals surface area (Å²) >= 11 is 0. The fraction of sp³-hybridized carbons (Fsp3) is 0.625. The van der Waals surface area contributed by atoms with E-state index in [4.69, 9.17) is 4.74 Å². The Kier molecular flexibility index (Phi) is 3.61. The van der Waals surface area contributed by atoms with Gasteiger partial charge in [-0.1, -0.05) is 24.3 Å². The van der Waals surface area contributed by atoms with E-state index in [9.17, 15) is 5.11 Å². The number of aliphatic hydroxyl groups is 1. The molecule has 3 rings (SSSR count). The minimum Gasteiger partial charge on any atom is -0.389 e. The average Bonchev–Trinajstić information content (AvgIpc) is 3.21. The highest BCUT2D eigenvalue weighted by Crippen LogP contribution is 2.33. The molecule has 0 saturated heterocycles. The Bertz CT molecular complexity index is 440. The smallest absolute Gasteiger partial charge is 0.0855 e. The summed E-state index contributed by atoms with van der Waals surface area (Å²) in [6.07, 6.45) is 4.16. The molecule has 1 aromatic rings. The van der Waals surface area contributed by atoms with Crippen LogP contribution in [0.15, 0.2) is 24.3 Å². The molecule has 0 bridgehead atoms. The van der Waals surface area contributed by atoms with E-state index in [-0.39, 0.29) is 6.10 Å². The maximum atomic E-state index is 10.5. The first-order chi connectivity index (χ1) is 9.14. The normalized spacial score (nSPS) is 25.7. The van der Waals surface area contributed by atoms with Gasteiger partial charge in [0.2, 0.25) is 0 Å². The fourth-order valence-electron chi connectivity index (χ4n) is 2.77. The molecule has 1 aliphatic carbocycles. The van der Waals surface area contributed by atoms with Gasteiger partial charge in [0.1, 0.15) is 0 Å². The maximum Gasteiger partial charge on any atom is 0.0855 e. The third-order valence-corrected chi connectivity index (χ3v) is 4.07. The van der Waals surface area contributed by atoms with Gasteiger partial charge in [0, 0.05) is 19.0 Å². The van der Waals surface area contributed by atoms with Crippen LogP contribution in [0.3, 0.4) is 0 Å². The molecule has 1 saturated carbocycles.